The van der Waals surface area contributed by atoms with Crippen LogP contribution >= 0.6 is 0 Å². The van der Waals surface area contributed by atoms with Crippen LogP contribution in [0.3, 0.4) is 0 Å². The van der Waals surface area contributed by atoms with Crippen LogP contribution in [0.1, 0.15) is 78.3 Å². The average molecular weight is 651 g/mol. The molecule has 0 N–H and O–H groups in total. The third-order valence-electron chi connectivity index (χ3n) is 8.36. The van der Waals surface area contributed by atoms with Gasteiger partial charge in [-0.05, 0) is 104 Å². The smallest absolute Gasteiger partial charge is 0.338 e. The van der Waals surface area contributed by atoms with Gasteiger partial charge in [-0.2, -0.15) is 0 Å². The van der Waals surface area contributed by atoms with Crippen LogP contribution < -0.4 is 9.47 Å². The molecule has 0 saturated heterocycles. The predicted octanol–water partition coefficient (Wildman–Crippen LogP) is 8.92. The largest absolute Gasteiger partial charge is 0.493 e. The molecule has 0 aliphatic heterocycles. The van der Waals surface area contributed by atoms with Gasteiger partial charge in [0.05, 0.1) is 37.4 Å². The molecule has 252 valence electrons. The van der Waals surface area contributed by atoms with E-state index < -0.39 is 5.97 Å². The molecule has 7 nitrogen and oxygen atoms in total. The van der Waals surface area contributed by atoms with Crippen molar-refractivity contribution in [3.05, 3.63) is 119 Å². The Morgan fingerprint density at radius 2 is 1.48 bits per heavy atom. The fraction of sp³-hybridized carbons (Fsp3) is 0.341. The Hall–Kier alpha value is -4.91. The molecule has 0 spiro atoms. The quantitative estimate of drug-likeness (QED) is 0.0811. The number of hydrogen-bond acceptors (Lipinski definition) is 7. The number of methoxy groups -OCH3 is 1. The van der Waals surface area contributed by atoms with Crippen LogP contribution in [0.25, 0.3) is 11.1 Å². The van der Waals surface area contributed by atoms with Crippen molar-refractivity contribution in [1.82, 2.24) is 0 Å². The lowest BCUT2D eigenvalue weighted by molar-refractivity contribution is -0.145. The van der Waals surface area contributed by atoms with E-state index in [-0.39, 0.29) is 24.3 Å². The monoisotopic (exact) mass is 650 g/mol. The summed E-state index contributed by atoms with van der Waals surface area (Å²) in [6.07, 6.45) is 4.84. The lowest BCUT2D eigenvalue weighted by atomic mass is 10.0. The second-order valence-corrected chi connectivity index (χ2v) is 12.1. The molecule has 0 radical (unpaired) electrons. The zero-order valence-electron chi connectivity index (χ0n) is 28.4. The van der Waals surface area contributed by atoms with E-state index in [2.05, 4.69) is 60.2 Å². The van der Waals surface area contributed by atoms with Crippen molar-refractivity contribution in [2.24, 2.45) is 11.8 Å². The van der Waals surface area contributed by atoms with E-state index in [4.69, 9.17) is 14.2 Å². The van der Waals surface area contributed by atoms with E-state index in [0.717, 1.165) is 37.0 Å². The summed E-state index contributed by atoms with van der Waals surface area (Å²) in [6.45, 7) is 6.63. The molecule has 4 aromatic rings. The highest BCUT2D eigenvalue weighted by Crippen LogP contribution is 2.31. The fourth-order valence-corrected chi connectivity index (χ4v) is 5.66. The molecule has 0 heterocycles. The molecular weight excluding hydrogens is 604 g/mol. The summed E-state index contributed by atoms with van der Waals surface area (Å²) in [4.78, 5) is 35.0. The maximum absolute atomic E-state index is 12.1. The van der Waals surface area contributed by atoms with E-state index in [1.807, 2.05) is 30.3 Å². The topological polar surface area (TPSA) is 88.1 Å². The van der Waals surface area contributed by atoms with Crippen LogP contribution in [-0.2, 0) is 27.3 Å². The number of hydrogen-bond donors (Lipinski definition) is 0. The van der Waals surface area contributed by atoms with Crippen molar-refractivity contribution in [2.45, 2.75) is 59.5 Å². The summed E-state index contributed by atoms with van der Waals surface area (Å²) in [5.41, 5.74) is 5.41. The minimum absolute atomic E-state index is 0.0237. The molecule has 1 fully saturated rings. The SMILES string of the molecule is CCOC(=O)c1ccc(OCCCc2ccc(OCc3ccc(-c4ccccc4)cc3)cc2)c(C(C)=O)c1.COC(=O)C1CCC(C)C1. The van der Waals surface area contributed by atoms with E-state index in [0.29, 0.717) is 36.0 Å². The Morgan fingerprint density at radius 1 is 0.792 bits per heavy atom. The molecule has 0 bridgehead atoms. The Kier molecular flexibility index (Phi) is 13.8. The lowest BCUT2D eigenvalue weighted by Crippen LogP contribution is -2.12. The van der Waals surface area contributed by atoms with Gasteiger partial charge >= 0.3 is 11.9 Å². The summed E-state index contributed by atoms with van der Waals surface area (Å²) < 4.78 is 21.5. The van der Waals surface area contributed by atoms with Gasteiger partial charge in [0.1, 0.15) is 18.1 Å². The van der Waals surface area contributed by atoms with Gasteiger partial charge in [0.2, 0.25) is 0 Å². The van der Waals surface area contributed by atoms with Gasteiger partial charge < -0.3 is 18.9 Å². The third kappa shape index (κ3) is 10.8. The number of Topliss-reactive ketones (excluding diaryl/α,β-unsaturated/α-hetero) is 1. The van der Waals surface area contributed by atoms with Gasteiger partial charge in [-0.1, -0.05) is 73.7 Å². The number of carbonyl (C=O) groups is 3. The van der Waals surface area contributed by atoms with Crippen molar-refractivity contribution in [3.8, 4) is 22.6 Å². The van der Waals surface area contributed by atoms with Gasteiger partial charge in [0.15, 0.2) is 5.78 Å². The number of ketones is 1. The first kappa shape index (κ1) is 35.9. The predicted molar refractivity (Wildman–Crippen MR) is 187 cm³/mol. The standard InChI is InChI=1S/C33H32O5.C8H14O2/c1-3-36-33(35)29-17-20-32(31(22-29)24(2)34)37-21-7-8-25-13-18-30(19-14-25)38-23-26-11-15-28(16-12-26)27-9-5-4-6-10-27;1-6-3-4-7(5-6)8(9)10-2/h4-6,9-20,22H,3,7-8,21,23H2,1-2H3;6-7H,3-5H2,1-2H3. The molecule has 0 aromatic heterocycles. The number of carbonyl (C=O) groups excluding carboxylic acids is 3. The third-order valence-corrected chi connectivity index (χ3v) is 8.36. The second-order valence-electron chi connectivity index (χ2n) is 12.1. The minimum Gasteiger partial charge on any atom is -0.493 e. The Balaban J connectivity index is 0.000000445. The van der Waals surface area contributed by atoms with Crippen LogP contribution in [0.2, 0.25) is 0 Å². The van der Waals surface area contributed by atoms with Crippen molar-refractivity contribution >= 4 is 17.7 Å². The van der Waals surface area contributed by atoms with E-state index in [1.54, 1.807) is 19.1 Å². The summed E-state index contributed by atoms with van der Waals surface area (Å²) >= 11 is 0. The molecular formula is C41H46O7. The van der Waals surface area contributed by atoms with Crippen molar-refractivity contribution < 1.29 is 33.3 Å². The normalized spacial score (nSPS) is 15.1. The summed E-state index contributed by atoms with van der Waals surface area (Å²) in [7, 11) is 1.46. The molecule has 48 heavy (non-hydrogen) atoms. The number of benzene rings is 4. The molecule has 0 amide bonds. The van der Waals surface area contributed by atoms with Crippen LogP contribution in [-0.4, -0.2) is 38.0 Å². The first-order valence-corrected chi connectivity index (χ1v) is 16.7. The lowest BCUT2D eigenvalue weighted by Gasteiger charge is -2.12. The van der Waals surface area contributed by atoms with Gasteiger partial charge in [0, 0.05) is 0 Å². The van der Waals surface area contributed by atoms with Gasteiger partial charge in [-0.3, -0.25) is 9.59 Å². The molecule has 4 aromatic carbocycles. The minimum atomic E-state index is -0.449. The molecule has 5 rings (SSSR count). The molecule has 1 aliphatic rings. The maximum Gasteiger partial charge on any atom is 0.338 e. The molecule has 1 saturated carbocycles. The summed E-state index contributed by atoms with van der Waals surface area (Å²) in [5.74, 6) is 1.58. The van der Waals surface area contributed by atoms with Crippen molar-refractivity contribution in [1.29, 1.82) is 0 Å². The van der Waals surface area contributed by atoms with Crippen molar-refractivity contribution in [2.75, 3.05) is 20.3 Å². The maximum atomic E-state index is 12.1. The highest BCUT2D eigenvalue weighted by Gasteiger charge is 2.27. The molecule has 1 aliphatic carbocycles. The average Bonchev–Trinajstić information content (AvgIpc) is 3.56. The Labute approximate surface area is 284 Å². The molecule has 2 atom stereocenters. The second kappa shape index (κ2) is 18.4. The fourth-order valence-electron chi connectivity index (χ4n) is 5.66. The van der Waals surface area contributed by atoms with Crippen LogP contribution in [0.15, 0.2) is 97.1 Å². The number of esters is 2. The van der Waals surface area contributed by atoms with Gasteiger partial charge in [-0.25, -0.2) is 4.79 Å². The molecule has 2 unspecified atom stereocenters. The van der Waals surface area contributed by atoms with Gasteiger partial charge in [-0.15, -0.1) is 0 Å². The van der Waals surface area contributed by atoms with Crippen LogP contribution in [0, 0.1) is 11.8 Å². The number of ether oxygens (including phenoxy) is 4. The zero-order valence-corrected chi connectivity index (χ0v) is 28.4. The van der Waals surface area contributed by atoms with Crippen LogP contribution in [0.4, 0.5) is 0 Å². The highest BCUT2D eigenvalue weighted by molar-refractivity contribution is 6.00. The zero-order chi connectivity index (χ0) is 34.3. The molecule has 7 heteroatoms. The Morgan fingerprint density at radius 3 is 2.10 bits per heavy atom. The number of aryl methyl sites for hydroxylation is 1. The van der Waals surface area contributed by atoms with E-state index in [9.17, 15) is 14.4 Å². The Bertz CT molecular complexity index is 1610. The van der Waals surface area contributed by atoms with E-state index >= 15 is 0 Å². The van der Waals surface area contributed by atoms with Crippen molar-refractivity contribution in [3.63, 3.8) is 0 Å². The summed E-state index contributed by atoms with van der Waals surface area (Å²) in [6, 6.07) is 31.6. The summed E-state index contributed by atoms with van der Waals surface area (Å²) in [5, 5.41) is 0. The van der Waals surface area contributed by atoms with Crippen LogP contribution in [0.5, 0.6) is 11.5 Å². The first-order chi connectivity index (χ1) is 23.3. The van der Waals surface area contributed by atoms with E-state index in [1.165, 1.54) is 43.2 Å². The van der Waals surface area contributed by atoms with Gasteiger partial charge in [0.25, 0.3) is 0 Å². The number of rotatable bonds is 13. The highest BCUT2D eigenvalue weighted by atomic mass is 16.5. The first-order valence-electron chi connectivity index (χ1n) is 16.7.